The Bertz CT molecular complexity index is 1460. The molecule has 1 fully saturated rings. The molecule has 4 aromatic rings. The molecule has 0 spiro atoms. The molecule has 3 heterocycles. The number of piperazine rings is 1. The van der Waals surface area contributed by atoms with Crippen molar-refractivity contribution in [3.63, 3.8) is 0 Å². The lowest BCUT2D eigenvalue weighted by atomic mass is 10.2. The van der Waals surface area contributed by atoms with Gasteiger partial charge in [-0.15, -0.1) is 0 Å². The van der Waals surface area contributed by atoms with E-state index >= 15 is 0 Å². The number of ether oxygens (including phenoxy) is 1. The number of anilines is 1. The lowest BCUT2D eigenvalue weighted by Gasteiger charge is -2.27. The Hall–Kier alpha value is -3.59. The number of amides is 2. The van der Waals surface area contributed by atoms with E-state index in [2.05, 4.69) is 15.6 Å². The topological polar surface area (TPSA) is 88.5 Å². The Labute approximate surface area is 217 Å². The molecule has 1 saturated heterocycles. The zero-order chi connectivity index (χ0) is 25.2. The number of aromatic nitrogens is 2. The van der Waals surface area contributed by atoms with Crippen molar-refractivity contribution in [3.8, 4) is 11.6 Å². The smallest absolute Gasteiger partial charge is 0.270 e. The van der Waals surface area contributed by atoms with Crippen LogP contribution in [0.5, 0.6) is 11.6 Å². The minimum Gasteiger partial charge on any atom is -0.437 e. The number of pyridine rings is 1. The molecule has 0 unspecified atom stereocenters. The first kappa shape index (κ1) is 24.1. The summed E-state index contributed by atoms with van der Waals surface area (Å²) < 4.78 is 7.92. The van der Waals surface area contributed by atoms with Crippen molar-refractivity contribution in [2.75, 3.05) is 31.5 Å². The average Bonchev–Trinajstić information content (AvgIpc) is 3.22. The Kier molecular flexibility index (Phi) is 6.82. The van der Waals surface area contributed by atoms with Crippen molar-refractivity contribution < 1.29 is 14.3 Å². The van der Waals surface area contributed by atoms with Crippen LogP contribution in [0, 0.1) is 0 Å². The van der Waals surface area contributed by atoms with Crippen LogP contribution in [0.4, 0.5) is 5.69 Å². The first-order chi connectivity index (χ1) is 17.4. The van der Waals surface area contributed by atoms with Crippen LogP contribution in [-0.2, 0) is 7.05 Å². The normalized spacial score (nSPS) is 13.6. The second kappa shape index (κ2) is 10.2. The Morgan fingerprint density at radius 2 is 1.83 bits per heavy atom. The van der Waals surface area contributed by atoms with Gasteiger partial charge in [0, 0.05) is 56.4 Å². The van der Waals surface area contributed by atoms with Gasteiger partial charge in [0.15, 0.2) is 0 Å². The van der Waals surface area contributed by atoms with Crippen molar-refractivity contribution in [2.45, 2.75) is 0 Å². The molecule has 1 aliphatic rings. The van der Waals surface area contributed by atoms with Crippen molar-refractivity contribution >= 4 is 51.6 Å². The molecule has 184 valence electrons. The zero-order valence-corrected chi connectivity index (χ0v) is 20.9. The molecule has 5 rings (SSSR count). The minimum atomic E-state index is -0.375. The van der Waals surface area contributed by atoms with Gasteiger partial charge >= 0.3 is 0 Å². The van der Waals surface area contributed by atoms with Crippen LogP contribution in [-0.4, -0.2) is 52.4 Å². The first-order valence-electron chi connectivity index (χ1n) is 11.4. The second-order valence-electron chi connectivity index (χ2n) is 8.39. The predicted octanol–water partition coefficient (Wildman–Crippen LogP) is 4.97. The second-order valence-corrected chi connectivity index (χ2v) is 9.21. The van der Waals surface area contributed by atoms with Gasteiger partial charge in [0.05, 0.1) is 15.6 Å². The number of carbonyl (C=O) groups excluding carboxylic acids is 2. The van der Waals surface area contributed by atoms with Crippen LogP contribution in [0.2, 0.25) is 10.0 Å². The number of benzene rings is 2. The standard InChI is InChI=1S/C26H23Cl2N5O3/c1-32-22-15-18(6-4-16(22)14-23(32)26(35)33-11-9-29-10-12-33)36-25-21(3-2-8-30-25)31-24(34)17-5-7-19(27)20(28)13-17/h2-8,13-15,29H,9-12H2,1H3,(H,31,34). The summed E-state index contributed by atoms with van der Waals surface area (Å²) in [4.78, 5) is 32.0. The van der Waals surface area contributed by atoms with E-state index in [-0.39, 0.29) is 22.7 Å². The van der Waals surface area contributed by atoms with Gasteiger partial charge in [-0.2, -0.15) is 0 Å². The summed E-state index contributed by atoms with van der Waals surface area (Å²) >= 11 is 12.0. The molecule has 10 heteroatoms. The third kappa shape index (κ3) is 4.88. The lowest BCUT2D eigenvalue weighted by molar-refractivity contribution is 0.0726. The number of aryl methyl sites for hydroxylation is 1. The summed E-state index contributed by atoms with van der Waals surface area (Å²) in [6, 6.07) is 15.5. The summed E-state index contributed by atoms with van der Waals surface area (Å²) in [5.41, 5.74) is 2.22. The number of nitrogens with zero attached hydrogens (tertiary/aromatic N) is 3. The molecule has 0 radical (unpaired) electrons. The summed E-state index contributed by atoms with van der Waals surface area (Å²) in [6.07, 6.45) is 1.58. The zero-order valence-electron chi connectivity index (χ0n) is 19.4. The highest BCUT2D eigenvalue weighted by Crippen LogP contribution is 2.31. The van der Waals surface area contributed by atoms with Crippen LogP contribution in [0.3, 0.4) is 0 Å². The third-order valence-corrected chi connectivity index (χ3v) is 6.79. The molecule has 0 bridgehead atoms. The Balaban J connectivity index is 1.38. The molecule has 2 aromatic heterocycles. The molecule has 8 nitrogen and oxygen atoms in total. The maximum Gasteiger partial charge on any atom is 0.270 e. The average molecular weight is 524 g/mol. The fourth-order valence-electron chi connectivity index (χ4n) is 4.12. The van der Waals surface area contributed by atoms with Crippen molar-refractivity contribution in [1.82, 2.24) is 19.8 Å². The van der Waals surface area contributed by atoms with Crippen LogP contribution in [0.15, 0.2) is 60.8 Å². The molecule has 0 aliphatic carbocycles. The number of halogens is 2. The van der Waals surface area contributed by atoms with Crippen molar-refractivity contribution in [3.05, 3.63) is 82.1 Å². The molecule has 2 aromatic carbocycles. The summed E-state index contributed by atoms with van der Waals surface area (Å²) in [5, 5.41) is 7.66. The number of hydrogen-bond acceptors (Lipinski definition) is 5. The number of rotatable bonds is 5. The van der Waals surface area contributed by atoms with Crippen molar-refractivity contribution in [2.24, 2.45) is 7.05 Å². The van der Waals surface area contributed by atoms with E-state index in [9.17, 15) is 9.59 Å². The van der Waals surface area contributed by atoms with E-state index in [0.717, 1.165) is 24.0 Å². The Morgan fingerprint density at radius 3 is 2.61 bits per heavy atom. The predicted molar refractivity (Wildman–Crippen MR) is 140 cm³/mol. The third-order valence-electron chi connectivity index (χ3n) is 6.06. The molecule has 0 saturated carbocycles. The van der Waals surface area contributed by atoms with Crippen LogP contribution < -0.4 is 15.4 Å². The highest BCUT2D eigenvalue weighted by molar-refractivity contribution is 6.42. The Morgan fingerprint density at radius 1 is 1.03 bits per heavy atom. The minimum absolute atomic E-state index is 0.00898. The van der Waals surface area contributed by atoms with Gasteiger partial charge in [-0.1, -0.05) is 23.2 Å². The van der Waals surface area contributed by atoms with E-state index in [0.29, 0.717) is 40.8 Å². The van der Waals surface area contributed by atoms with E-state index in [4.69, 9.17) is 27.9 Å². The molecular formula is C26H23Cl2N5O3. The highest BCUT2D eigenvalue weighted by Gasteiger charge is 2.22. The first-order valence-corrected chi connectivity index (χ1v) is 12.1. The number of carbonyl (C=O) groups is 2. The largest absolute Gasteiger partial charge is 0.437 e. The van der Waals surface area contributed by atoms with Gasteiger partial charge in [0.1, 0.15) is 17.1 Å². The van der Waals surface area contributed by atoms with Gasteiger partial charge in [-0.05, 0) is 48.5 Å². The van der Waals surface area contributed by atoms with E-state index in [1.807, 2.05) is 34.7 Å². The van der Waals surface area contributed by atoms with Gasteiger partial charge < -0.3 is 24.8 Å². The molecule has 1 aliphatic heterocycles. The highest BCUT2D eigenvalue weighted by atomic mass is 35.5. The molecular weight excluding hydrogens is 501 g/mol. The fraction of sp³-hybridized carbons (Fsp3) is 0.192. The maximum absolute atomic E-state index is 13.1. The maximum atomic E-state index is 13.1. The molecule has 2 amide bonds. The number of nitrogens with one attached hydrogen (secondary N) is 2. The van der Waals surface area contributed by atoms with Gasteiger partial charge in [-0.25, -0.2) is 4.98 Å². The van der Waals surface area contributed by atoms with Gasteiger partial charge in [-0.3, -0.25) is 9.59 Å². The van der Waals surface area contributed by atoms with E-state index in [1.54, 1.807) is 36.5 Å². The molecule has 2 N–H and O–H groups in total. The van der Waals surface area contributed by atoms with Crippen molar-refractivity contribution in [1.29, 1.82) is 0 Å². The van der Waals surface area contributed by atoms with E-state index < -0.39 is 0 Å². The van der Waals surface area contributed by atoms with Crippen LogP contribution in [0.1, 0.15) is 20.8 Å². The summed E-state index contributed by atoms with van der Waals surface area (Å²) in [6.45, 7) is 2.96. The number of fused-ring (bicyclic) bond motifs is 1. The molecule has 0 atom stereocenters. The lowest BCUT2D eigenvalue weighted by Crippen LogP contribution is -2.46. The molecule has 36 heavy (non-hydrogen) atoms. The SMILES string of the molecule is Cn1c(C(=O)N2CCNCC2)cc2ccc(Oc3ncccc3NC(=O)c3ccc(Cl)c(Cl)c3)cc21. The van der Waals surface area contributed by atoms with Gasteiger partial charge in [0.2, 0.25) is 5.88 Å². The van der Waals surface area contributed by atoms with Crippen LogP contribution >= 0.6 is 23.2 Å². The van der Waals surface area contributed by atoms with E-state index in [1.165, 1.54) is 6.07 Å². The fourth-order valence-corrected chi connectivity index (χ4v) is 4.42. The summed E-state index contributed by atoms with van der Waals surface area (Å²) in [5.74, 6) is 0.389. The summed E-state index contributed by atoms with van der Waals surface area (Å²) in [7, 11) is 1.87. The monoisotopic (exact) mass is 523 g/mol. The van der Waals surface area contributed by atoms with Crippen LogP contribution in [0.25, 0.3) is 10.9 Å². The van der Waals surface area contributed by atoms with Gasteiger partial charge in [0.25, 0.3) is 11.8 Å². The number of hydrogen-bond donors (Lipinski definition) is 2. The quantitative estimate of drug-likeness (QED) is 0.385.